The molecule has 0 aromatic carbocycles. The monoisotopic (exact) mass is 225 g/mol. The fourth-order valence-electron chi connectivity index (χ4n) is 3.85. The first kappa shape index (κ1) is 11.9. The third-order valence-corrected chi connectivity index (χ3v) is 5.06. The standard InChI is InChI=1S/C13H23NO2/c1-5-16-11(15)9-6-8-7-10(12(8,2)3)13(9,4)14/h8-10H,5-7,14H2,1-4H3/t8-,9+,10+,13-/m0/s1. The van der Waals surface area contributed by atoms with Gasteiger partial charge in [-0.05, 0) is 43.9 Å². The lowest BCUT2D eigenvalue weighted by atomic mass is 9.41. The highest BCUT2D eigenvalue weighted by Crippen LogP contribution is 2.63. The number of carbonyl (C=O) groups is 1. The summed E-state index contributed by atoms with van der Waals surface area (Å²) in [5.41, 5.74) is 6.31. The molecule has 2 N–H and O–H groups in total. The van der Waals surface area contributed by atoms with Gasteiger partial charge in [-0.3, -0.25) is 4.79 Å². The molecule has 0 unspecified atom stereocenters. The van der Waals surface area contributed by atoms with E-state index in [1.165, 1.54) is 6.42 Å². The Hall–Kier alpha value is -0.570. The molecule has 3 aliphatic carbocycles. The van der Waals surface area contributed by atoms with Crippen molar-refractivity contribution in [1.82, 2.24) is 0 Å². The molecule has 0 spiro atoms. The van der Waals surface area contributed by atoms with Gasteiger partial charge in [0.25, 0.3) is 0 Å². The van der Waals surface area contributed by atoms with Crippen molar-refractivity contribution in [2.24, 2.45) is 28.9 Å². The predicted molar refractivity (Wildman–Crippen MR) is 62.7 cm³/mol. The number of ether oxygens (including phenoxy) is 1. The molecule has 0 aliphatic heterocycles. The summed E-state index contributed by atoms with van der Waals surface area (Å²) in [5, 5.41) is 0. The Morgan fingerprint density at radius 3 is 2.44 bits per heavy atom. The van der Waals surface area contributed by atoms with E-state index in [1.54, 1.807) is 0 Å². The van der Waals surface area contributed by atoms with Gasteiger partial charge in [-0.25, -0.2) is 0 Å². The predicted octanol–water partition coefficient (Wildman–Crippen LogP) is 1.95. The maximum Gasteiger partial charge on any atom is 0.310 e. The second-order valence-electron chi connectivity index (χ2n) is 6.21. The molecule has 2 bridgehead atoms. The third kappa shape index (κ3) is 1.41. The van der Waals surface area contributed by atoms with Gasteiger partial charge in [-0.1, -0.05) is 13.8 Å². The SMILES string of the molecule is CCOC(=O)[C@H]1C[C@H]2C[C@H](C2(C)C)[C@@]1(C)N. The zero-order valence-electron chi connectivity index (χ0n) is 10.7. The average molecular weight is 225 g/mol. The van der Waals surface area contributed by atoms with E-state index in [-0.39, 0.29) is 11.9 Å². The number of rotatable bonds is 2. The first-order chi connectivity index (χ1) is 7.31. The third-order valence-electron chi connectivity index (χ3n) is 5.06. The number of fused-ring (bicyclic) bond motifs is 2. The summed E-state index contributed by atoms with van der Waals surface area (Å²) in [6, 6.07) is 0. The van der Waals surface area contributed by atoms with E-state index in [4.69, 9.17) is 10.5 Å². The number of esters is 1. The molecule has 3 nitrogen and oxygen atoms in total. The zero-order valence-corrected chi connectivity index (χ0v) is 10.7. The summed E-state index contributed by atoms with van der Waals surface area (Å²) in [5.74, 6) is 0.888. The van der Waals surface area contributed by atoms with Crippen LogP contribution in [0.4, 0.5) is 0 Å². The lowest BCUT2D eigenvalue weighted by Crippen LogP contribution is -2.69. The van der Waals surface area contributed by atoms with Crippen LogP contribution in [-0.4, -0.2) is 18.1 Å². The lowest BCUT2D eigenvalue weighted by Gasteiger charge is -2.65. The highest BCUT2D eigenvalue weighted by atomic mass is 16.5. The molecule has 0 heterocycles. The minimum absolute atomic E-state index is 0.0994. The molecule has 92 valence electrons. The van der Waals surface area contributed by atoms with Crippen LogP contribution in [0.2, 0.25) is 0 Å². The Morgan fingerprint density at radius 2 is 2.00 bits per heavy atom. The lowest BCUT2D eigenvalue weighted by molar-refractivity contribution is -0.177. The van der Waals surface area contributed by atoms with Crippen molar-refractivity contribution in [3.05, 3.63) is 0 Å². The van der Waals surface area contributed by atoms with Crippen molar-refractivity contribution < 1.29 is 9.53 Å². The summed E-state index contributed by atoms with van der Waals surface area (Å²) in [6.07, 6.45) is 2.07. The summed E-state index contributed by atoms with van der Waals surface area (Å²) < 4.78 is 5.14. The summed E-state index contributed by atoms with van der Waals surface area (Å²) in [6.45, 7) is 8.87. The molecular weight excluding hydrogens is 202 g/mol. The van der Waals surface area contributed by atoms with Crippen LogP contribution in [-0.2, 0) is 9.53 Å². The van der Waals surface area contributed by atoms with Crippen molar-refractivity contribution in [2.45, 2.75) is 46.1 Å². The van der Waals surface area contributed by atoms with Gasteiger partial charge >= 0.3 is 5.97 Å². The van der Waals surface area contributed by atoms with E-state index in [0.29, 0.717) is 23.9 Å². The van der Waals surface area contributed by atoms with Gasteiger partial charge in [0.05, 0.1) is 12.5 Å². The summed E-state index contributed by atoms with van der Waals surface area (Å²) in [4.78, 5) is 11.9. The molecule has 16 heavy (non-hydrogen) atoms. The largest absolute Gasteiger partial charge is 0.466 e. The molecule has 0 aromatic rings. The molecule has 4 atom stereocenters. The number of hydrogen-bond acceptors (Lipinski definition) is 3. The highest BCUT2D eigenvalue weighted by Gasteiger charge is 2.63. The second-order valence-corrected chi connectivity index (χ2v) is 6.21. The van der Waals surface area contributed by atoms with Crippen molar-refractivity contribution in [3.8, 4) is 0 Å². The smallest absolute Gasteiger partial charge is 0.310 e. The number of hydrogen-bond donors (Lipinski definition) is 1. The van der Waals surface area contributed by atoms with Gasteiger partial charge in [0.15, 0.2) is 0 Å². The van der Waals surface area contributed by atoms with E-state index in [0.717, 1.165) is 6.42 Å². The first-order valence-electron chi connectivity index (χ1n) is 6.27. The van der Waals surface area contributed by atoms with Crippen LogP contribution in [0, 0.1) is 23.2 Å². The highest BCUT2D eigenvalue weighted by molar-refractivity contribution is 5.74. The minimum Gasteiger partial charge on any atom is -0.466 e. The molecule has 0 radical (unpaired) electrons. The van der Waals surface area contributed by atoms with Gasteiger partial charge in [0.2, 0.25) is 0 Å². The van der Waals surface area contributed by atoms with Crippen molar-refractivity contribution in [3.63, 3.8) is 0 Å². The van der Waals surface area contributed by atoms with Crippen molar-refractivity contribution in [2.75, 3.05) is 6.61 Å². The second kappa shape index (κ2) is 3.46. The maximum absolute atomic E-state index is 11.9. The molecule has 3 heteroatoms. The Morgan fingerprint density at radius 1 is 1.38 bits per heavy atom. The molecule has 3 saturated carbocycles. The Kier molecular flexibility index (Phi) is 2.57. The molecule has 0 aromatic heterocycles. The maximum atomic E-state index is 11.9. The van der Waals surface area contributed by atoms with Crippen LogP contribution in [0.3, 0.4) is 0 Å². The average Bonchev–Trinajstić information content (AvgIpc) is 2.15. The van der Waals surface area contributed by atoms with Gasteiger partial charge in [0, 0.05) is 5.54 Å². The molecule has 3 fully saturated rings. The summed E-state index contributed by atoms with van der Waals surface area (Å²) >= 11 is 0. The topological polar surface area (TPSA) is 52.3 Å². The van der Waals surface area contributed by atoms with E-state index >= 15 is 0 Å². The molecule has 3 aliphatic rings. The number of carbonyl (C=O) groups excluding carboxylic acids is 1. The van der Waals surface area contributed by atoms with Crippen LogP contribution >= 0.6 is 0 Å². The Labute approximate surface area is 97.7 Å². The van der Waals surface area contributed by atoms with Crippen LogP contribution < -0.4 is 5.73 Å². The van der Waals surface area contributed by atoms with E-state index in [9.17, 15) is 4.79 Å². The normalized spacial score (nSPS) is 44.7. The van der Waals surface area contributed by atoms with Gasteiger partial charge in [0.1, 0.15) is 0 Å². The van der Waals surface area contributed by atoms with E-state index < -0.39 is 5.54 Å². The van der Waals surface area contributed by atoms with Crippen molar-refractivity contribution in [1.29, 1.82) is 0 Å². The molecule has 0 amide bonds. The fourth-order valence-corrected chi connectivity index (χ4v) is 3.85. The summed E-state index contributed by atoms with van der Waals surface area (Å²) in [7, 11) is 0. The molecular formula is C13H23NO2. The van der Waals surface area contributed by atoms with Gasteiger partial charge < -0.3 is 10.5 Å². The first-order valence-corrected chi connectivity index (χ1v) is 6.27. The quantitative estimate of drug-likeness (QED) is 0.731. The van der Waals surface area contributed by atoms with Crippen molar-refractivity contribution >= 4 is 5.97 Å². The van der Waals surface area contributed by atoms with Crippen LogP contribution in [0.5, 0.6) is 0 Å². The minimum atomic E-state index is -0.398. The van der Waals surface area contributed by atoms with Crippen LogP contribution in [0.25, 0.3) is 0 Å². The number of nitrogens with two attached hydrogens (primary N) is 1. The fraction of sp³-hybridized carbons (Fsp3) is 0.923. The van der Waals surface area contributed by atoms with Crippen LogP contribution in [0.15, 0.2) is 0 Å². The Bertz CT molecular complexity index is 309. The van der Waals surface area contributed by atoms with E-state index in [2.05, 4.69) is 13.8 Å². The van der Waals surface area contributed by atoms with Crippen LogP contribution in [0.1, 0.15) is 40.5 Å². The van der Waals surface area contributed by atoms with E-state index in [1.807, 2.05) is 13.8 Å². The molecule has 3 rings (SSSR count). The Balaban J connectivity index is 2.17. The molecule has 0 saturated heterocycles. The zero-order chi connectivity index (χ0) is 12.1. The van der Waals surface area contributed by atoms with Gasteiger partial charge in [-0.15, -0.1) is 0 Å². The van der Waals surface area contributed by atoms with Gasteiger partial charge in [-0.2, -0.15) is 0 Å².